The van der Waals surface area contributed by atoms with E-state index in [9.17, 15) is 19.5 Å². The van der Waals surface area contributed by atoms with E-state index in [4.69, 9.17) is 4.74 Å². The van der Waals surface area contributed by atoms with Crippen molar-refractivity contribution in [3.8, 4) is 5.75 Å². The number of benzene rings is 3. The van der Waals surface area contributed by atoms with Gasteiger partial charge in [0.1, 0.15) is 23.4 Å². The number of nitrogens with one attached hydrogen (secondary N) is 2. The number of carbonyl (C=O) groups is 3. The van der Waals surface area contributed by atoms with Gasteiger partial charge in [0.2, 0.25) is 5.91 Å². The molecular weight excluding hydrogens is 518 g/mol. The number of hydrogen-bond donors (Lipinski definition) is 3. The molecule has 0 aliphatic carbocycles. The Balaban J connectivity index is 2.04. The summed E-state index contributed by atoms with van der Waals surface area (Å²) in [4.78, 5) is 42.7. The number of anilines is 1. The van der Waals surface area contributed by atoms with Gasteiger partial charge in [0.05, 0.1) is 0 Å². The van der Waals surface area contributed by atoms with E-state index in [1.807, 2.05) is 69.3 Å². The van der Waals surface area contributed by atoms with E-state index in [1.54, 1.807) is 32.9 Å². The Labute approximate surface area is 242 Å². The van der Waals surface area contributed by atoms with Crippen molar-refractivity contribution in [3.63, 3.8) is 0 Å². The third-order valence-corrected chi connectivity index (χ3v) is 6.43. The molecule has 41 heavy (non-hydrogen) atoms. The first-order valence-electron chi connectivity index (χ1n) is 13.9. The fraction of sp³-hybridized carbons (Fsp3) is 0.364. The largest absolute Gasteiger partial charge is 0.508 e. The molecule has 3 N–H and O–H groups in total. The summed E-state index contributed by atoms with van der Waals surface area (Å²) < 4.78 is 5.48. The molecule has 2 atom stereocenters. The van der Waals surface area contributed by atoms with Crippen LogP contribution in [-0.2, 0) is 20.7 Å². The molecule has 0 aliphatic heterocycles. The summed E-state index contributed by atoms with van der Waals surface area (Å²) in [6.45, 7) is 11.3. The topological polar surface area (TPSA) is 108 Å². The molecule has 0 fully saturated rings. The number of para-hydroxylation sites is 1. The molecule has 0 radical (unpaired) electrons. The molecule has 3 amide bonds. The summed E-state index contributed by atoms with van der Waals surface area (Å²) >= 11 is 0. The summed E-state index contributed by atoms with van der Waals surface area (Å²) in [5.41, 5.74) is 3.13. The number of rotatable bonds is 10. The van der Waals surface area contributed by atoms with E-state index in [2.05, 4.69) is 10.6 Å². The number of alkyl carbamates (subject to hydrolysis) is 1. The molecule has 3 aromatic rings. The zero-order chi connectivity index (χ0) is 30.2. The molecule has 8 nitrogen and oxygen atoms in total. The zero-order valence-corrected chi connectivity index (χ0v) is 24.7. The predicted octanol–water partition coefficient (Wildman–Crippen LogP) is 6.06. The molecule has 3 aromatic carbocycles. The van der Waals surface area contributed by atoms with Gasteiger partial charge in [0.15, 0.2) is 0 Å². The number of ether oxygens (including phenoxy) is 1. The van der Waals surface area contributed by atoms with E-state index >= 15 is 0 Å². The standard InChI is InChI=1S/C33H41N3O5/c1-7-19-36(29(25-13-10-11-22(2)20-25)30(38)34-27-14-9-8-12-23(27)3)31(39)28(35-32(40)41-33(4,5)6)21-24-15-17-26(37)18-16-24/h8-18,20,28-29,37H,7,19,21H2,1-6H3,(H,34,38)(H,35,40). The van der Waals surface area contributed by atoms with E-state index in [0.29, 0.717) is 17.7 Å². The Kier molecular flexibility index (Phi) is 10.5. The van der Waals surface area contributed by atoms with Crippen molar-refractivity contribution >= 4 is 23.6 Å². The van der Waals surface area contributed by atoms with Crippen LogP contribution in [0.25, 0.3) is 0 Å². The second-order valence-corrected chi connectivity index (χ2v) is 11.2. The number of phenolic OH excluding ortho intramolecular Hbond substituents is 1. The maximum atomic E-state index is 14.4. The molecular formula is C33H41N3O5. The van der Waals surface area contributed by atoms with Gasteiger partial charge in [-0.25, -0.2) is 4.79 Å². The van der Waals surface area contributed by atoms with Gasteiger partial charge >= 0.3 is 6.09 Å². The van der Waals surface area contributed by atoms with E-state index in [1.165, 1.54) is 17.0 Å². The number of aromatic hydroxyl groups is 1. The van der Waals surface area contributed by atoms with E-state index < -0.39 is 29.7 Å². The maximum Gasteiger partial charge on any atom is 0.408 e. The first-order chi connectivity index (χ1) is 19.4. The summed E-state index contributed by atoms with van der Waals surface area (Å²) in [5, 5.41) is 15.5. The fourth-order valence-corrected chi connectivity index (χ4v) is 4.55. The molecule has 218 valence electrons. The van der Waals surface area contributed by atoms with Crippen molar-refractivity contribution in [2.45, 2.75) is 72.1 Å². The van der Waals surface area contributed by atoms with Gasteiger partial charge in [-0.2, -0.15) is 0 Å². The van der Waals surface area contributed by atoms with Crippen LogP contribution in [0.3, 0.4) is 0 Å². The van der Waals surface area contributed by atoms with Crippen LogP contribution in [0.4, 0.5) is 10.5 Å². The molecule has 0 heterocycles. The second kappa shape index (κ2) is 13.8. The number of carbonyl (C=O) groups excluding carboxylic acids is 3. The summed E-state index contributed by atoms with van der Waals surface area (Å²) in [7, 11) is 0. The number of amides is 3. The van der Waals surface area contributed by atoms with Crippen LogP contribution in [0.1, 0.15) is 62.4 Å². The van der Waals surface area contributed by atoms with Crippen molar-refractivity contribution in [2.75, 3.05) is 11.9 Å². The van der Waals surface area contributed by atoms with Crippen LogP contribution in [0.2, 0.25) is 0 Å². The third-order valence-electron chi connectivity index (χ3n) is 6.43. The minimum Gasteiger partial charge on any atom is -0.508 e. The molecule has 0 bridgehead atoms. The molecule has 0 aliphatic rings. The highest BCUT2D eigenvalue weighted by atomic mass is 16.6. The molecule has 0 saturated heterocycles. The van der Waals surface area contributed by atoms with Crippen molar-refractivity contribution in [2.24, 2.45) is 0 Å². The van der Waals surface area contributed by atoms with Crippen molar-refractivity contribution in [3.05, 3.63) is 95.1 Å². The predicted molar refractivity (Wildman–Crippen MR) is 161 cm³/mol. The molecule has 8 heteroatoms. The van der Waals surface area contributed by atoms with Gasteiger partial charge in [0, 0.05) is 18.7 Å². The van der Waals surface area contributed by atoms with Gasteiger partial charge in [-0.15, -0.1) is 0 Å². The lowest BCUT2D eigenvalue weighted by atomic mass is 9.98. The molecule has 0 aromatic heterocycles. The maximum absolute atomic E-state index is 14.4. The average Bonchev–Trinajstić information content (AvgIpc) is 2.89. The number of aryl methyl sites for hydroxylation is 2. The van der Waals surface area contributed by atoms with Crippen LogP contribution >= 0.6 is 0 Å². The quantitative estimate of drug-likeness (QED) is 0.280. The minimum absolute atomic E-state index is 0.0942. The van der Waals surface area contributed by atoms with Gasteiger partial charge in [-0.05, 0) is 75.9 Å². The van der Waals surface area contributed by atoms with Crippen LogP contribution in [0.15, 0.2) is 72.8 Å². The zero-order valence-electron chi connectivity index (χ0n) is 24.7. The number of hydrogen-bond acceptors (Lipinski definition) is 5. The van der Waals surface area contributed by atoms with Crippen LogP contribution in [0.5, 0.6) is 5.75 Å². The van der Waals surface area contributed by atoms with E-state index in [0.717, 1.165) is 16.7 Å². The van der Waals surface area contributed by atoms with E-state index in [-0.39, 0.29) is 24.6 Å². The van der Waals surface area contributed by atoms with Crippen molar-refractivity contribution < 1.29 is 24.2 Å². The Morgan fingerprint density at radius 1 is 0.951 bits per heavy atom. The summed E-state index contributed by atoms with van der Waals surface area (Å²) in [6.07, 6.45) is -0.00897. The lowest BCUT2D eigenvalue weighted by Crippen LogP contribution is -2.53. The van der Waals surface area contributed by atoms with Gasteiger partial charge < -0.3 is 25.4 Å². The number of nitrogens with zero attached hydrogens (tertiary/aromatic N) is 1. The lowest BCUT2D eigenvalue weighted by Gasteiger charge is -2.34. The smallest absolute Gasteiger partial charge is 0.408 e. The van der Waals surface area contributed by atoms with Crippen LogP contribution in [-0.4, -0.2) is 46.1 Å². The molecule has 0 spiro atoms. The lowest BCUT2D eigenvalue weighted by molar-refractivity contribution is -0.140. The molecule has 3 rings (SSSR count). The van der Waals surface area contributed by atoms with Gasteiger partial charge in [-0.3, -0.25) is 9.59 Å². The van der Waals surface area contributed by atoms with Gasteiger partial charge in [-0.1, -0.05) is 67.1 Å². The Bertz CT molecular complexity index is 1350. The molecule has 2 unspecified atom stereocenters. The third kappa shape index (κ3) is 9.10. The van der Waals surface area contributed by atoms with Crippen molar-refractivity contribution in [1.82, 2.24) is 10.2 Å². The Morgan fingerprint density at radius 3 is 2.24 bits per heavy atom. The van der Waals surface area contributed by atoms with Crippen LogP contribution in [0, 0.1) is 13.8 Å². The highest BCUT2D eigenvalue weighted by molar-refractivity contribution is 5.99. The summed E-state index contributed by atoms with van der Waals surface area (Å²) in [5.74, 6) is -0.679. The van der Waals surface area contributed by atoms with Crippen LogP contribution < -0.4 is 10.6 Å². The first-order valence-corrected chi connectivity index (χ1v) is 13.9. The number of phenols is 1. The molecule has 0 saturated carbocycles. The van der Waals surface area contributed by atoms with Gasteiger partial charge in [0.25, 0.3) is 5.91 Å². The summed E-state index contributed by atoms with van der Waals surface area (Å²) in [6, 6.07) is 19.5. The SMILES string of the molecule is CCCN(C(=O)C(Cc1ccc(O)cc1)NC(=O)OC(C)(C)C)C(C(=O)Nc1ccccc1C)c1cccc(C)c1. The highest BCUT2D eigenvalue weighted by Crippen LogP contribution is 2.27. The van der Waals surface area contributed by atoms with Crippen molar-refractivity contribution in [1.29, 1.82) is 0 Å². The average molecular weight is 560 g/mol. The first kappa shape index (κ1) is 31.2. The minimum atomic E-state index is -1.03. The Hall–Kier alpha value is -4.33. The normalized spacial score (nSPS) is 12.6. The fourth-order valence-electron chi connectivity index (χ4n) is 4.55. The second-order valence-electron chi connectivity index (χ2n) is 11.2. The monoisotopic (exact) mass is 559 g/mol. The Morgan fingerprint density at radius 2 is 1.63 bits per heavy atom. The highest BCUT2D eigenvalue weighted by Gasteiger charge is 2.36.